The zero-order valence-corrected chi connectivity index (χ0v) is 15.4. The van der Waals surface area contributed by atoms with E-state index < -0.39 is 0 Å². The van der Waals surface area contributed by atoms with Crippen LogP contribution in [0.15, 0.2) is 58.7 Å². The molecule has 0 radical (unpaired) electrons. The van der Waals surface area contributed by atoms with Crippen LogP contribution in [0.5, 0.6) is 0 Å². The SMILES string of the molecule is NC(N)=NN=Cc1ccc(N2CCN(Cc3ccccc3)CC2)c([N+](=O)[O-])c1. The van der Waals surface area contributed by atoms with Crippen LogP contribution in [0.3, 0.4) is 0 Å². The topological polar surface area (TPSA) is 126 Å². The molecule has 1 aliphatic heterocycles. The highest BCUT2D eigenvalue weighted by Crippen LogP contribution is 2.30. The fourth-order valence-corrected chi connectivity index (χ4v) is 3.19. The Kier molecular flexibility index (Phi) is 6.18. The van der Waals surface area contributed by atoms with Crippen LogP contribution in [0, 0.1) is 10.1 Å². The molecule has 0 saturated carbocycles. The molecule has 2 aromatic rings. The van der Waals surface area contributed by atoms with Gasteiger partial charge < -0.3 is 16.4 Å². The summed E-state index contributed by atoms with van der Waals surface area (Å²) in [5.41, 5.74) is 12.9. The maximum atomic E-state index is 11.6. The number of hydrogen-bond acceptors (Lipinski definition) is 6. The predicted molar refractivity (Wildman–Crippen MR) is 110 cm³/mol. The molecule has 9 heteroatoms. The number of nitro benzene ring substituents is 1. The third-order valence-corrected chi connectivity index (χ3v) is 4.54. The molecule has 1 saturated heterocycles. The van der Waals surface area contributed by atoms with Gasteiger partial charge in [0.1, 0.15) is 5.69 Å². The van der Waals surface area contributed by atoms with Gasteiger partial charge in [0.05, 0.1) is 11.1 Å². The van der Waals surface area contributed by atoms with Crippen LogP contribution in [0.2, 0.25) is 0 Å². The summed E-state index contributed by atoms with van der Waals surface area (Å²) in [6, 6.07) is 15.3. The number of piperazine rings is 1. The minimum atomic E-state index is -0.371. The quantitative estimate of drug-likeness (QED) is 0.338. The summed E-state index contributed by atoms with van der Waals surface area (Å²) in [6.07, 6.45) is 1.38. The Balaban J connectivity index is 1.69. The molecule has 1 heterocycles. The van der Waals surface area contributed by atoms with Gasteiger partial charge in [0.2, 0.25) is 5.96 Å². The summed E-state index contributed by atoms with van der Waals surface area (Å²) >= 11 is 0. The molecular weight excluding hydrogens is 358 g/mol. The van der Waals surface area contributed by atoms with E-state index in [4.69, 9.17) is 11.5 Å². The first kappa shape index (κ1) is 19.3. The lowest BCUT2D eigenvalue weighted by Gasteiger charge is -2.35. The maximum Gasteiger partial charge on any atom is 0.293 e. The van der Waals surface area contributed by atoms with E-state index in [0.717, 1.165) is 32.7 Å². The van der Waals surface area contributed by atoms with Crippen molar-refractivity contribution in [2.45, 2.75) is 6.54 Å². The summed E-state index contributed by atoms with van der Waals surface area (Å²) in [6.45, 7) is 4.04. The molecule has 1 aliphatic rings. The lowest BCUT2D eigenvalue weighted by molar-refractivity contribution is -0.384. The number of anilines is 1. The van der Waals surface area contributed by atoms with E-state index in [1.165, 1.54) is 17.8 Å². The molecule has 9 nitrogen and oxygen atoms in total. The van der Waals surface area contributed by atoms with Crippen molar-refractivity contribution in [3.63, 3.8) is 0 Å². The van der Waals surface area contributed by atoms with E-state index in [0.29, 0.717) is 11.3 Å². The number of nitro groups is 1. The number of nitrogens with zero attached hydrogens (tertiary/aromatic N) is 5. The molecule has 4 N–H and O–H groups in total. The zero-order chi connectivity index (χ0) is 19.9. The van der Waals surface area contributed by atoms with Gasteiger partial charge in [-0.1, -0.05) is 36.4 Å². The molecular formula is C19H23N7O2. The molecule has 0 bridgehead atoms. The fourth-order valence-electron chi connectivity index (χ4n) is 3.19. The summed E-state index contributed by atoms with van der Waals surface area (Å²) in [5, 5.41) is 18.8. The van der Waals surface area contributed by atoms with Gasteiger partial charge in [0, 0.05) is 44.4 Å². The summed E-state index contributed by atoms with van der Waals surface area (Å²) in [5.74, 6) is -0.171. The smallest absolute Gasteiger partial charge is 0.293 e. The fraction of sp³-hybridized carbons (Fsp3) is 0.263. The number of benzene rings is 2. The van der Waals surface area contributed by atoms with Gasteiger partial charge in [0.25, 0.3) is 5.69 Å². The molecule has 0 atom stereocenters. The molecule has 2 aromatic carbocycles. The standard InChI is InChI=1S/C19H23N7O2/c20-19(21)23-22-13-16-6-7-17(18(12-16)26(27)28)25-10-8-24(9-11-25)14-15-4-2-1-3-5-15/h1-7,12-13H,8-11,14H2,(H4,20,21,23). The van der Waals surface area contributed by atoms with E-state index >= 15 is 0 Å². The molecule has 0 unspecified atom stereocenters. The van der Waals surface area contributed by atoms with E-state index in [-0.39, 0.29) is 16.6 Å². The summed E-state index contributed by atoms with van der Waals surface area (Å²) in [4.78, 5) is 15.6. The number of hydrogen-bond donors (Lipinski definition) is 2. The van der Waals surface area contributed by atoms with Crippen molar-refractivity contribution in [3.05, 3.63) is 69.8 Å². The maximum absolute atomic E-state index is 11.6. The van der Waals surface area contributed by atoms with Crippen LogP contribution in [-0.2, 0) is 6.54 Å². The first-order valence-corrected chi connectivity index (χ1v) is 8.94. The zero-order valence-electron chi connectivity index (χ0n) is 15.4. The first-order valence-electron chi connectivity index (χ1n) is 8.94. The average Bonchev–Trinajstić information content (AvgIpc) is 2.69. The molecule has 0 amide bonds. The van der Waals surface area contributed by atoms with Gasteiger partial charge in [-0.3, -0.25) is 15.0 Å². The Bertz CT molecular complexity index is 871. The minimum Gasteiger partial charge on any atom is -0.369 e. The van der Waals surface area contributed by atoms with Crippen LogP contribution in [0.1, 0.15) is 11.1 Å². The Morgan fingerprint density at radius 3 is 2.46 bits per heavy atom. The van der Waals surface area contributed by atoms with E-state index in [9.17, 15) is 10.1 Å². The third-order valence-electron chi connectivity index (χ3n) is 4.54. The number of nitrogens with two attached hydrogens (primary N) is 2. The number of guanidine groups is 1. The highest BCUT2D eigenvalue weighted by molar-refractivity contribution is 5.84. The highest BCUT2D eigenvalue weighted by atomic mass is 16.6. The van der Waals surface area contributed by atoms with Gasteiger partial charge >= 0.3 is 0 Å². The average molecular weight is 381 g/mol. The molecule has 0 spiro atoms. The molecule has 28 heavy (non-hydrogen) atoms. The van der Waals surface area contributed by atoms with Crippen molar-refractivity contribution in [3.8, 4) is 0 Å². The molecule has 0 aliphatic carbocycles. The largest absolute Gasteiger partial charge is 0.369 e. The van der Waals surface area contributed by atoms with Gasteiger partial charge in [-0.15, -0.1) is 5.10 Å². The first-order chi connectivity index (χ1) is 13.5. The van der Waals surface area contributed by atoms with Crippen LogP contribution in [0.4, 0.5) is 11.4 Å². The second kappa shape index (κ2) is 8.96. The monoisotopic (exact) mass is 381 g/mol. The van der Waals surface area contributed by atoms with Gasteiger partial charge in [-0.2, -0.15) is 5.10 Å². The Labute approximate surface area is 163 Å². The highest BCUT2D eigenvalue weighted by Gasteiger charge is 2.24. The van der Waals surface area contributed by atoms with Gasteiger partial charge in [-0.05, 0) is 11.6 Å². The van der Waals surface area contributed by atoms with Crippen molar-refractivity contribution in [1.29, 1.82) is 0 Å². The van der Waals surface area contributed by atoms with Crippen molar-refractivity contribution < 1.29 is 4.92 Å². The minimum absolute atomic E-state index is 0.0464. The van der Waals surface area contributed by atoms with Crippen molar-refractivity contribution >= 4 is 23.5 Å². The molecule has 146 valence electrons. The van der Waals surface area contributed by atoms with Crippen LogP contribution in [0.25, 0.3) is 0 Å². The predicted octanol–water partition coefficient (Wildman–Crippen LogP) is 1.52. The van der Waals surface area contributed by atoms with Crippen molar-refractivity contribution in [2.75, 3.05) is 31.1 Å². The lowest BCUT2D eigenvalue weighted by atomic mass is 10.1. The van der Waals surface area contributed by atoms with E-state index in [2.05, 4.69) is 32.1 Å². The second-order valence-electron chi connectivity index (χ2n) is 6.52. The lowest BCUT2D eigenvalue weighted by Crippen LogP contribution is -2.46. The molecule has 3 rings (SSSR count). The van der Waals surface area contributed by atoms with Crippen LogP contribution in [-0.4, -0.2) is 48.2 Å². The Morgan fingerprint density at radius 1 is 1.11 bits per heavy atom. The summed E-state index contributed by atoms with van der Waals surface area (Å²) < 4.78 is 0. The normalized spacial score (nSPS) is 14.9. The van der Waals surface area contributed by atoms with Crippen LogP contribution >= 0.6 is 0 Å². The van der Waals surface area contributed by atoms with Gasteiger partial charge in [-0.25, -0.2) is 0 Å². The third kappa shape index (κ3) is 5.04. The van der Waals surface area contributed by atoms with E-state index in [1.807, 2.05) is 18.2 Å². The van der Waals surface area contributed by atoms with Gasteiger partial charge in [0.15, 0.2) is 0 Å². The number of rotatable bonds is 6. The molecule has 0 aromatic heterocycles. The molecule has 1 fully saturated rings. The Hall–Kier alpha value is -3.46. The van der Waals surface area contributed by atoms with Crippen molar-refractivity contribution in [1.82, 2.24) is 4.90 Å². The van der Waals surface area contributed by atoms with E-state index in [1.54, 1.807) is 12.1 Å². The van der Waals surface area contributed by atoms with Crippen LogP contribution < -0.4 is 16.4 Å². The Morgan fingerprint density at radius 2 is 1.82 bits per heavy atom. The second-order valence-corrected chi connectivity index (χ2v) is 6.52. The van der Waals surface area contributed by atoms with Crippen molar-refractivity contribution in [2.24, 2.45) is 21.7 Å². The summed E-state index contributed by atoms with van der Waals surface area (Å²) in [7, 11) is 0.